The molecule has 2 saturated heterocycles. The summed E-state index contributed by atoms with van der Waals surface area (Å²) in [5.41, 5.74) is 1.44. The summed E-state index contributed by atoms with van der Waals surface area (Å²) >= 11 is 1.94. The Bertz CT molecular complexity index is 678. The van der Waals surface area contributed by atoms with E-state index in [1.807, 2.05) is 23.9 Å². The van der Waals surface area contributed by atoms with Gasteiger partial charge in [0.25, 0.3) is 0 Å². The van der Waals surface area contributed by atoms with E-state index in [1.54, 1.807) is 0 Å². The third kappa shape index (κ3) is 2.09. The van der Waals surface area contributed by atoms with Crippen LogP contribution in [0.2, 0.25) is 0 Å². The van der Waals surface area contributed by atoms with Crippen molar-refractivity contribution in [2.24, 2.45) is 0 Å². The lowest BCUT2D eigenvalue weighted by atomic mass is 10.0. The van der Waals surface area contributed by atoms with Crippen LogP contribution in [0.3, 0.4) is 0 Å². The fourth-order valence-corrected chi connectivity index (χ4v) is 4.99. The number of aromatic amines is 1. The summed E-state index contributed by atoms with van der Waals surface area (Å²) in [5, 5.41) is 0.687. The zero-order valence-corrected chi connectivity index (χ0v) is 12.3. The first kappa shape index (κ1) is 12.5. The van der Waals surface area contributed by atoms with Crippen molar-refractivity contribution < 1.29 is 4.42 Å². The largest absolute Gasteiger partial charge is 0.417 e. The van der Waals surface area contributed by atoms with Crippen molar-refractivity contribution in [3.8, 4) is 0 Å². The van der Waals surface area contributed by atoms with Crippen molar-refractivity contribution in [1.29, 1.82) is 0 Å². The fourth-order valence-electron chi connectivity index (χ4n) is 3.65. The van der Waals surface area contributed by atoms with Crippen LogP contribution in [0.15, 0.2) is 32.3 Å². The standard InChI is InChI=1S/C15H18N2O2S/c1-17-9-2-3-10(17)7-12(6-9)20-11-4-5-13-14(8-11)19-15(18)16-13/h4-5,8-10,12H,2-3,6-7H2,1H3,(H,16,18)/t9-,10+,12?. The first-order valence-electron chi connectivity index (χ1n) is 7.20. The van der Waals surface area contributed by atoms with E-state index < -0.39 is 0 Å². The summed E-state index contributed by atoms with van der Waals surface area (Å²) in [6.07, 6.45) is 5.24. The number of rotatable bonds is 2. The van der Waals surface area contributed by atoms with Crippen LogP contribution < -0.4 is 5.76 Å². The second kappa shape index (κ2) is 4.67. The molecule has 4 nitrogen and oxygen atoms in total. The number of aromatic nitrogens is 1. The van der Waals surface area contributed by atoms with Crippen LogP contribution >= 0.6 is 11.8 Å². The summed E-state index contributed by atoms with van der Waals surface area (Å²) in [7, 11) is 2.27. The predicted molar refractivity (Wildman–Crippen MR) is 80.3 cm³/mol. The number of H-pyrrole nitrogens is 1. The fraction of sp³-hybridized carbons (Fsp3) is 0.533. The van der Waals surface area contributed by atoms with E-state index in [9.17, 15) is 4.79 Å². The molecule has 2 aliphatic rings. The summed E-state index contributed by atoms with van der Waals surface area (Å²) in [5.74, 6) is -0.375. The molecule has 0 amide bonds. The van der Waals surface area contributed by atoms with Crippen LogP contribution in [-0.4, -0.2) is 34.3 Å². The minimum atomic E-state index is -0.375. The van der Waals surface area contributed by atoms with E-state index in [0.29, 0.717) is 10.8 Å². The maximum Gasteiger partial charge on any atom is 0.417 e. The number of thioether (sulfide) groups is 1. The molecule has 2 bridgehead atoms. The van der Waals surface area contributed by atoms with Gasteiger partial charge in [-0.3, -0.25) is 4.98 Å². The lowest BCUT2D eigenvalue weighted by Gasteiger charge is -2.35. The molecule has 3 atom stereocenters. The molecular formula is C15H18N2O2S. The zero-order valence-electron chi connectivity index (χ0n) is 11.5. The van der Waals surface area contributed by atoms with Gasteiger partial charge in [0, 0.05) is 22.2 Å². The molecule has 2 aromatic rings. The molecule has 0 radical (unpaired) electrons. The number of nitrogens with one attached hydrogen (secondary N) is 1. The monoisotopic (exact) mass is 290 g/mol. The topological polar surface area (TPSA) is 49.2 Å². The highest BCUT2D eigenvalue weighted by Crippen LogP contribution is 2.41. The first-order chi connectivity index (χ1) is 9.69. The van der Waals surface area contributed by atoms with Gasteiger partial charge in [0.05, 0.1) is 5.52 Å². The Morgan fingerprint density at radius 3 is 2.80 bits per heavy atom. The van der Waals surface area contributed by atoms with Crippen LogP contribution in [0.5, 0.6) is 0 Å². The quantitative estimate of drug-likeness (QED) is 0.924. The number of hydrogen-bond donors (Lipinski definition) is 1. The highest BCUT2D eigenvalue weighted by molar-refractivity contribution is 8.00. The summed E-state index contributed by atoms with van der Waals surface area (Å²) in [6.45, 7) is 0. The van der Waals surface area contributed by atoms with Gasteiger partial charge in [0.2, 0.25) is 0 Å². The van der Waals surface area contributed by atoms with Crippen LogP contribution in [0.4, 0.5) is 0 Å². The Kier molecular flexibility index (Phi) is 2.93. The molecule has 20 heavy (non-hydrogen) atoms. The summed E-state index contributed by atoms with van der Waals surface area (Å²) in [6, 6.07) is 7.53. The van der Waals surface area contributed by atoms with Crippen LogP contribution in [-0.2, 0) is 0 Å². The molecular weight excluding hydrogens is 272 g/mol. The summed E-state index contributed by atoms with van der Waals surface area (Å²) < 4.78 is 5.14. The zero-order chi connectivity index (χ0) is 13.7. The molecule has 2 fully saturated rings. The van der Waals surface area contributed by atoms with Crippen molar-refractivity contribution in [2.45, 2.75) is 47.9 Å². The average molecular weight is 290 g/mol. The van der Waals surface area contributed by atoms with Gasteiger partial charge in [0.15, 0.2) is 5.58 Å². The van der Waals surface area contributed by atoms with Gasteiger partial charge in [-0.25, -0.2) is 4.79 Å². The minimum absolute atomic E-state index is 0.375. The molecule has 5 heteroatoms. The smallest absolute Gasteiger partial charge is 0.408 e. The molecule has 3 heterocycles. The molecule has 0 aliphatic carbocycles. The van der Waals surface area contributed by atoms with Gasteiger partial charge in [0.1, 0.15) is 0 Å². The SMILES string of the molecule is CN1[C@@H]2CC[C@H]1CC(Sc1ccc3[nH]c(=O)oc3c1)C2. The number of oxazole rings is 1. The Morgan fingerprint density at radius 1 is 1.30 bits per heavy atom. The molecule has 4 rings (SSSR count). The Hall–Kier alpha value is -1.20. The maximum atomic E-state index is 11.2. The Balaban J connectivity index is 1.54. The van der Waals surface area contributed by atoms with Crippen molar-refractivity contribution >= 4 is 22.9 Å². The molecule has 0 spiro atoms. The third-order valence-corrected chi connectivity index (χ3v) is 5.99. The van der Waals surface area contributed by atoms with E-state index in [0.717, 1.165) is 17.6 Å². The Labute approximate surface area is 121 Å². The average Bonchev–Trinajstić information content (AvgIpc) is 2.85. The van der Waals surface area contributed by atoms with Crippen molar-refractivity contribution in [2.75, 3.05) is 7.05 Å². The first-order valence-corrected chi connectivity index (χ1v) is 8.08. The van der Waals surface area contributed by atoms with E-state index in [1.165, 1.54) is 30.6 Å². The number of piperidine rings is 1. The van der Waals surface area contributed by atoms with Crippen LogP contribution in [0, 0.1) is 0 Å². The molecule has 0 saturated carbocycles. The van der Waals surface area contributed by atoms with E-state index >= 15 is 0 Å². The number of fused-ring (bicyclic) bond motifs is 3. The van der Waals surface area contributed by atoms with Gasteiger partial charge in [-0.05, 0) is 50.9 Å². The van der Waals surface area contributed by atoms with Gasteiger partial charge in [-0.1, -0.05) is 0 Å². The highest BCUT2D eigenvalue weighted by Gasteiger charge is 2.38. The number of benzene rings is 1. The molecule has 1 unspecified atom stereocenters. The lowest BCUT2D eigenvalue weighted by Crippen LogP contribution is -2.40. The van der Waals surface area contributed by atoms with E-state index in [4.69, 9.17) is 4.42 Å². The van der Waals surface area contributed by atoms with Crippen molar-refractivity contribution in [1.82, 2.24) is 9.88 Å². The van der Waals surface area contributed by atoms with E-state index in [2.05, 4.69) is 23.0 Å². The normalized spacial score (nSPS) is 30.1. The predicted octanol–water partition coefficient (Wildman–Crippen LogP) is 2.84. The van der Waals surface area contributed by atoms with Crippen LogP contribution in [0.1, 0.15) is 25.7 Å². The molecule has 1 aromatic carbocycles. The molecule has 1 aromatic heterocycles. The maximum absolute atomic E-state index is 11.2. The van der Waals surface area contributed by atoms with Crippen LogP contribution in [0.25, 0.3) is 11.1 Å². The van der Waals surface area contributed by atoms with Crippen molar-refractivity contribution in [3.05, 3.63) is 28.7 Å². The van der Waals surface area contributed by atoms with Gasteiger partial charge < -0.3 is 9.32 Å². The second-order valence-corrected chi connectivity index (χ2v) is 7.31. The Morgan fingerprint density at radius 2 is 2.05 bits per heavy atom. The number of nitrogens with zero attached hydrogens (tertiary/aromatic N) is 1. The molecule has 1 N–H and O–H groups in total. The number of hydrogen-bond acceptors (Lipinski definition) is 4. The molecule has 2 aliphatic heterocycles. The minimum Gasteiger partial charge on any atom is -0.408 e. The molecule has 106 valence electrons. The summed E-state index contributed by atoms with van der Waals surface area (Å²) in [4.78, 5) is 17.6. The third-order valence-electron chi connectivity index (χ3n) is 4.75. The van der Waals surface area contributed by atoms with Gasteiger partial charge in [-0.15, -0.1) is 11.8 Å². The highest BCUT2D eigenvalue weighted by atomic mass is 32.2. The van der Waals surface area contributed by atoms with E-state index in [-0.39, 0.29) is 5.76 Å². The lowest BCUT2D eigenvalue weighted by molar-refractivity contribution is 0.183. The second-order valence-electron chi connectivity index (χ2n) is 5.93. The van der Waals surface area contributed by atoms with Gasteiger partial charge in [-0.2, -0.15) is 0 Å². The van der Waals surface area contributed by atoms with Crippen molar-refractivity contribution in [3.63, 3.8) is 0 Å². The van der Waals surface area contributed by atoms with Gasteiger partial charge >= 0.3 is 5.76 Å².